The highest BCUT2D eigenvalue weighted by molar-refractivity contribution is 5.87. The Morgan fingerprint density at radius 1 is 1.15 bits per heavy atom. The van der Waals surface area contributed by atoms with Crippen molar-refractivity contribution in [2.24, 2.45) is 5.92 Å². The van der Waals surface area contributed by atoms with Crippen LogP contribution in [-0.4, -0.2) is 17.9 Å². The number of carbonyl (C=O) groups excluding carboxylic acids is 1. The lowest BCUT2D eigenvalue weighted by Crippen LogP contribution is -2.23. The van der Waals surface area contributed by atoms with Crippen molar-refractivity contribution in [3.05, 3.63) is 83.4 Å². The summed E-state index contributed by atoms with van der Waals surface area (Å²) in [4.78, 5) is 15.6. The van der Waals surface area contributed by atoms with Crippen LogP contribution in [0.25, 0.3) is 11.1 Å². The van der Waals surface area contributed by atoms with Gasteiger partial charge in [-0.15, -0.1) is 0 Å². The summed E-state index contributed by atoms with van der Waals surface area (Å²) in [5.74, 6) is 0.823. The molecule has 26 heavy (non-hydrogen) atoms. The molecule has 1 aliphatic heterocycles. The van der Waals surface area contributed by atoms with Crippen molar-refractivity contribution in [1.29, 1.82) is 0 Å². The molecule has 1 atom stereocenters. The van der Waals surface area contributed by atoms with Crippen molar-refractivity contribution < 1.29 is 13.9 Å². The predicted molar refractivity (Wildman–Crippen MR) is 97.9 cm³/mol. The number of halogens is 1. The van der Waals surface area contributed by atoms with E-state index < -0.39 is 0 Å². The lowest BCUT2D eigenvalue weighted by Gasteiger charge is -2.25. The Kier molecular flexibility index (Phi) is 4.48. The molecule has 1 unspecified atom stereocenters. The normalized spacial score (nSPS) is 15.8. The van der Waals surface area contributed by atoms with E-state index >= 15 is 0 Å². The average Bonchev–Trinajstić information content (AvgIpc) is 2.68. The molecule has 0 bridgehead atoms. The van der Waals surface area contributed by atoms with Crippen LogP contribution in [0, 0.1) is 11.7 Å². The third-order valence-electron chi connectivity index (χ3n) is 4.73. The number of carbonyl (C=O) groups is 1. The third kappa shape index (κ3) is 3.36. The van der Waals surface area contributed by atoms with Crippen LogP contribution in [0.4, 0.5) is 4.39 Å². The number of aldehydes is 1. The second-order valence-corrected chi connectivity index (χ2v) is 6.58. The first-order valence-electron chi connectivity index (χ1n) is 8.63. The maximum absolute atomic E-state index is 13.6. The standard InChI is InChI=1S/C22H18FNO2/c23-19-7-6-18(13-25)21(12-19)16-4-5-17-9-15(14-26-22(17)11-16)10-20-3-1-2-8-24-20/h1-8,11-13,15H,9-10,14H2. The Bertz CT molecular complexity index is 940. The molecule has 0 radical (unpaired) electrons. The molecule has 0 saturated heterocycles. The van der Waals surface area contributed by atoms with Gasteiger partial charge in [0.15, 0.2) is 6.29 Å². The second-order valence-electron chi connectivity index (χ2n) is 6.58. The summed E-state index contributed by atoms with van der Waals surface area (Å²) < 4.78 is 19.6. The molecule has 0 saturated carbocycles. The molecule has 0 fully saturated rings. The zero-order chi connectivity index (χ0) is 17.9. The summed E-state index contributed by atoms with van der Waals surface area (Å²) in [7, 11) is 0. The molecule has 3 nitrogen and oxygen atoms in total. The molecule has 0 aliphatic carbocycles. The minimum atomic E-state index is -0.361. The van der Waals surface area contributed by atoms with Crippen LogP contribution in [0.1, 0.15) is 21.6 Å². The van der Waals surface area contributed by atoms with Crippen molar-refractivity contribution in [1.82, 2.24) is 4.98 Å². The minimum Gasteiger partial charge on any atom is -0.493 e. The number of nitrogens with zero attached hydrogens (tertiary/aromatic N) is 1. The number of fused-ring (bicyclic) bond motifs is 1. The largest absolute Gasteiger partial charge is 0.493 e. The van der Waals surface area contributed by atoms with Crippen LogP contribution in [-0.2, 0) is 12.8 Å². The second kappa shape index (κ2) is 7.08. The van der Waals surface area contributed by atoms with Gasteiger partial charge in [0.2, 0.25) is 0 Å². The maximum atomic E-state index is 13.6. The Morgan fingerprint density at radius 3 is 2.88 bits per heavy atom. The topological polar surface area (TPSA) is 39.2 Å². The highest BCUT2D eigenvalue weighted by Gasteiger charge is 2.21. The Balaban J connectivity index is 1.58. The highest BCUT2D eigenvalue weighted by atomic mass is 19.1. The number of rotatable bonds is 4. The molecule has 0 amide bonds. The maximum Gasteiger partial charge on any atom is 0.150 e. The predicted octanol–water partition coefficient (Wildman–Crippen LogP) is 4.49. The molecular weight excluding hydrogens is 329 g/mol. The first-order chi connectivity index (χ1) is 12.7. The van der Waals surface area contributed by atoms with Gasteiger partial charge >= 0.3 is 0 Å². The minimum absolute atomic E-state index is 0.361. The van der Waals surface area contributed by atoms with E-state index in [1.54, 1.807) is 0 Å². The fourth-order valence-corrected chi connectivity index (χ4v) is 3.43. The molecule has 2 heterocycles. The number of hydrogen-bond acceptors (Lipinski definition) is 3. The molecule has 0 spiro atoms. The molecule has 4 rings (SSSR count). The molecule has 130 valence electrons. The lowest BCUT2D eigenvalue weighted by molar-refractivity contribution is 0.112. The summed E-state index contributed by atoms with van der Waals surface area (Å²) in [6.45, 7) is 0.622. The summed E-state index contributed by atoms with van der Waals surface area (Å²) in [5.41, 5.74) is 4.03. The van der Waals surface area contributed by atoms with Crippen LogP contribution >= 0.6 is 0 Å². The molecule has 0 N–H and O–H groups in total. The molecule has 1 aromatic heterocycles. The zero-order valence-corrected chi connectivity index (χ0v) is 14.2. The Hall–Kier alpha value is -3.01. The van der Waals surface area contributed by atoms with E-state index in [1.165, 1.54) is 18.2 Å². The van der Waals surface area contributed by atoms with E-state index in [4.69, 9.17) is 4.74 Å². The summed E-state index contributed by atoms with van der Waals surface area (Å²) >= 11 is 0. The van der Waals surface area contributed by atoms with Crippen LogP contribution in [0.15, 0.2) is 60.8 Å². The molecule has 1 aliphatic rings. The van der Waals surface area contributed by atoms with E-state index in [-0.39, 0.29) is 5.82 Å². The van der Waals surface area contributed by atoms with Crippen LogP contribution in [0.2, 0.25) is 0 Å². The van der Waals surface area contributed by atoms with E-state index in [0.717, 1.165) is 41.7 Å². The Morgan fingerprint density at radius 2 is 2.08 bits per heavy atom. The van der Waals surface area contributed by atoms with Gasteiger partial charge in [0.1, 0.15) is 11.6 Å². The van der Waals surface area contributed by atoms with Crippen LogP contribution < -0.4 is 4.74 Å². The quantitative estimate of drug-likeness (QED) is 0.653. The third-order valence-corrected chi connectivity index (χ3v) is 4.73. The van der Waals surface area contributed by atoms with Gasteiger partial charge < -0.3 is 4.74 Å². The lowest BCUT2D eigenvalue weighted by atomic mass is 9.90. The molecule has 3 aromatic rings. The molecular formula is C22H18FNO2. The molecule has 2 aromatic carbocycles. The van der Waals surface area contributed by atoms with Gasteiger partial charge in [-0.2, -0.15) is 0 Å². The smallest absolute Gasteiger partial charge is 0.150 e. The van der Waals surface area contributed by atoms with Gasteiger partial charge in [0.25, 0.3) is 0 Å². The number of aromatic nitrogens is 1. The first kappa shape index (κ1) is 16.5. The van der Waals surface area contributed by atoms with Gasteiger partial charge in [0, 0.05) is 23.4 Å². The van der Waals surface area contributed by atoms with Crippen molar-refractivity contribution >= 4 is 6.29 Å². The number of pyridine rings is 1. The van der Waals surface area contributed by atoms with Gasteiger partial charge in [-0.25, -0.2) is 4.39 Å². The number of hydrogen-bond donors (Lipinski definition) is 0. The van der Waals surface area contributed by atoms with Crippen molar-refractivity contribution in [2.75, 3.05) is 6.61 Å². The SMILES string of the molecule is O=Cc1ccc(F)cc1-c1ccc2c(c1)OCC(Cc1ccccn1)C2. The Labute approximate surface area is 151 Å². The van der Waals surface area contributed by atoms with Crippen molar-refractivity contribution in [3.63, 3.8) is 0 Å². The summed E-state index contributed by atoms with van der Waals surface area (Å²) in [6.07, 6.45) is 4.35. The zero-order valence-electron chi connectivity index (χ0n) is 14.2. The van der Waals surface area contributed by atoms with Crippen molar-refractivity contribution in [3.8, 4) is 16.9 Å². The number of ether oxygens (including phenoxy) is 1. The van der Waals surface area contributed by atoms with Crippen molar-refractivity contribution in [2.45, 2.75) is 12.8 Å². The average molecular weight is 347 g/mol. The summed E-state index contributed by atoms with van der Waals surface area (Å²) in [6, 6.07) is 16.0. The first-order valence-corrected chi connectivity index (χ1v) is 8.63. The summed E-state index contributed by atoms with van der Waals surface area (Å²) in [5, 5.41) is 0. The van der Waals surface area contributed by atoms with E-state index in [9.17, 15) is 9.18 Å². The van der Waals surface area contributed by atoms with Gasteiger partial charge in [-0.1, -0.05) is 18.2 Å². The molecule has 4 heteroatoms. The van der Waals surface area contributed by atoms with Gasteiger partial charge in [0.05, 0.1) is 6.61 Å². The highest BCUT2D eigenvalue weighted by Crippen LogP contribution is 2.34. The fourth-order valence-electron chi connectivity index (χ4n) is 3.43. The fraction of sp³-hybridized carbons (Fsp3) is 0.182. The van der Waals surface area contributed by atoms with E-state index in [2.05, 4.69) is 4.98 Å². The van der Waals surface area contributed by atoms with E-state index in [0.29, 0.717) is 23.7 Å². The van der Waals surface area contributed by atoms with Crippen LogP contribution in [0.5, 0.6) is 5.75 Å². The van der Waals surface area contributed by atoms with Gasteiger partial charge in [-0.3, -0.25) is 9.78 Å². The monoisotopic (exact) mass is 347 g/mol. The number of benzene rings is 2. The van der Waals surface area contributed by atoms with Crippen LogP contribution in [0.3, 0.4) is 0 Å². The van der Waals surface area contributed by atoms with E-state index in [1.807, 2.05) is 42.6 Å². The van der Waals surface area contributed by atoms with Gasteiger partial charge in [-0.05, 0) is 65.9 Å².